The predicted molar refractivity (Wildman–Crippen MR) is 125 cm³/mol. The SMILES string of the molecule is Cc1cc(C(=O)Nc2cccc3ccccc23)ccc1N(C)S(=O)(=O)c1ccccc1. The maximum Gasteiger partial charge on any atom is 0.264 e. The lowest BCUT2D eigenvalue weighted by atomic mass is 10.1. The number of hydrogen-bond donors (Lipinski definition) is 1. The van der Waals surface area contributed by atoms with E-state index in [1.807, 2.05) is 42.5 Å². The normalized spacial score (nSPS) is 11.3. The first-order chi connectivity index (χ1) is 14.9. The van der Waals surface area contributed by atoms with E-state index in [9.17, 15) is 13.2 Å². The van der Waals surface area contributed by atoms with Gasteiger partial charge in [-0.1, -0.05) is 54.6 Å². The number of nitrogens with one attached hydrogen (secondary N) is 1. The van der Waals surface area contributed by atoms with Crippen LogP contribution in [0.3, 0.4) is 0 Å². The number of sulfonamides is 1. The molecule has 0 heterocycles. The second-order valence-electron chi connectivity index (χ2n) is 7.27. The second kappa shape index (κ2) is 8.24. The molecule has 0 aliphatic heterocycles. The van der Waals surface area contributed by atoms with Crippen LogP contribution < -0.4 is 9.62 Å². The zero-order valence-electron chi connectivity index (χ0n) is 17.2. The van der Waals surface area contributed by atoms with Crippen LogP contribution in [0.5, 0.6) is 0 Å². The molecule has 6 heteroatoms. The molecule has 31 heavy (non-hydrogen) atoms. The Balaban J connectivity index is 1.60. The Morgan fingerprint density at radius 2 is 1.52 bits per heavy atom. The van der Waals surface area contributed by atoms with Gasteiger partial charge in [-0.2, -0.15) is 0 Å². The minimum atomic E-state index is -3.69. The van der Waals surface area contributed by atoms with Crippen molar-refractivity contribution in [2.75, 3.05) is 16.7 Å². The van der Waals surface area contributed by atoms with Crippen LogP contribution in [-0.2, 0) is 10.0 Å². The molecule has 0 spiro atoms. The van der Waals surface area contributed by atoms with Gasteiger partial charge in [0.2, 0.25) is 0 Å². The van der Waals surface area contributed by atoms with Crippen LogP contribution in [0, 0.1) is 6.92 Å². The summed E-state index contributed by atoms with van der Waals surface area (Å²) >= 11 is 0. The molecule has 0 radical (unpaired) electrons. The predicted octanol–water partition coefficient (Wildman–Crippen LogP) is 5.23. The summed E-state index contributed by atoms with van der Waals surface area (Å²) in [6.07, 6.45) is 0. The first-order valence-electron chi connectivity index (χ1n) is 9.82. The number of amides is 1. The summed E-state index contributed by atoms with van der Waals surface area (Å²) in [6, 6.07) is 26.9. The van der Waals surface area contributed by atoms with Crippen LogP contribution in [0.15, 0.2) is 95.9 Å². The van der Waals surface area contributed by atoms with Crippen molar-refractivity contribution in [2.45, 2.75) is 11.8 Å². The molecule has 1 N–H and O–H groups in total. The molecule has 4 aromatic rings. The molecule has 0 aromatic heterocycles. The topological polar surface area (TPSA) is 66.5 Å². The molecule has 0 saturated heterocycles. The molecule has 0 fully saturated rings. The van der Waals surface area contributed by atoms with Gasteiger partial charge in [-0.3, -0.25) is 9.10 Å². The van der Waals surface area contributed by atoms with E-state index in [1.54, 1.807) is 55.5 Å². The minimum absolute atomic E-state index is 0.217. The van der Waals surface area contributed by atoms with Crippen LogP contribution in [0.4, 0.5) is 11.4 Å². The van der Waals surface area contributed by atoms with Gasteiger partial charge < -0.3 is 5.32 Å². The molecule has 4 aromatic carbocycles. The standard InChI is InChI=1S/C25H22N2O3S/c1-18-17-20(25(28)26-23-14-8-10-19-9-6-7-13-22(19)23)15-16-24(18)27(2)31(29,30)21-11-4-3-5-12-21/h3-17H,1-2H3,(H,26,28). The summed E-state index contributed by atoms with van der Waals surface area (Å²) < 4.78 is 27.1. The van der Waals surface area contributed by atoms with Gasteiger partial charge in [-0.05, 0) is 54.3 Å². The van der Waals surface area contributed by atoms with E-state index in [-0.39, 0.29) is 10.8 Å². The molecule has 4 rings (SSSR count). The van der Waals surface area contributed by atoms with E-state index >= 15 is 0 Å². The molecule has 0 saturated carbocycles. The smallest absolute Gasteiger partial charge is 0.264 e. The number of benzene rings is 4. The van der Waals surface area contributed by atoms with Crippen LogP contribution in [0.1, 0.15) is 15.9 Å². The lowest BCUT2D eigenvalue weighted by molar-refractivity contribution is 0.102. The molecule has 1 amide bonds. The highest BCUT2D eigenvalue weighted by atomic mass is 32.2. The fourth-order valence-corrected chi connectivity index (χ4v) is 4.84. The number of carbonyl (C=O) groups is 1. The molecule has 5 nitrogen and oxygen atoms in total. The summed E-state index contributed by atoms with van der Waals surface area (Å²) in [7, 11) is -2.17. The lowest BCUT2D eigenvalue weighted by Gasteiger charge is -2.22. The number of carbonyl (C=O) groups excluding carboxylic acids is 1. The number of rotatable bonds is 5. The van der Waals surface area contributed by atoms with Crippen molar-refractivity contribution in [1.82, 2.24) is 0 Å². The van der Waals surface area contributed by atoms with Gasteiger partial charge in [0.05, 0.1) is 10.6 Å². The Kier molecular flexibility index (Phi) is 5.48. The highest BCUT2D eigenvalue weighted by molar-refractivity contribution is 7.92. The first-order valence-corrected chi connectivity index (χ1v) is 11.3. The molecule has 0 aliphatic carbocycles. The van der Waals surface area contributed by atoms with Crippen molar-refractivity contribution in [2.24, 2.45) is 0 Å². The van der Waals surface area contributed by atoms with Gasteiger partial charge in [0.15, 0.2) is 0 Å². The van der Waals surface area contributed by atoms with Crippen molar-refractivity contribution in [3.8, 4) is 0 Å². The average Bonchev–Trinajstić information content (AvgIpc) is 2.79. The fourth-order valence-electron chi connectivity index (χ4n) is 3.56. The highest BCUT2D eigenvalue weighted by Gasteiger charge is 2.22. The molecule has 0 aliphatic rings. The van der Waals surface area contributed by atoms with Crippen molar-refractivity contribution in [1.29, 1.82) is 0 Å². The molecular weight excluding hydrogens is 408 g/mol. The number of anilines is 2. The zero-order valence-corrected chi connectivity index (χ0v) is 18.1. The summed E-state index contributed by atoms with van der Waals surface area (Å²) in [4.78, 5) is 13.1. The average molecular weight is 431 g/mol. The van der Waals surface area contributed by atoms with Gasteiger partial charge in [0.25, 0.3) is 15.9 Å². The van der Waals surface area contributed by atoms with E-state index in [2.05, 4.69) is 5.32 Å². The molecular formula is C25H22N2O3S. The van der Waals surface area contributed by atoms with E-state index < -0.39 is 10.0 Å². The second-order valence-corrected chi connectivity index (χ2v) is 9.24. The highest BCUT2D eigenvalue weighted by Crippen LogP contribution is 2.27. The number of nitrogens with zero attached hydrogens (tertiary/aromatic N) is 1. The Hall–Kier alpha value is -3.64. The monoisotopic (exact) mass is 430 g/mol. The third-order valence-electron chi connectivity index (χ3n) is 5.24. The van der Waals surface area contributed by atoms with Gasteiger partial charge in [-0.15, -0.1) is 0 Å². The third-order valence-corrected chi connectivity index (χ3v) is 7.02. The molecule has 0 unspecified atom stereocenters. The van der Waals surface area contributed by atoms with Crippen molar-refractivity contribution >= 4 is 38.1 Å². The van der Waals surface area contributed by atoms with Gasteiger partial charge >= 0.3 is 0 Å². The summed E-state index contributed by atoms with van der Waals surface area (Å²) in [5.41, 5.74) is 2.39. The van der Waals surface area contributed by atoms with Crippen LogP contribution in [0.25, 0.3) is 10.8 Å². The van der Waals surface area contributed by atoms with E-state index in [0.29, 0.717) is 16.8 Å². The van der Waals surface area contributed by atoms with E-state index in [1.165, 1.54) is 11.4 Å². The maximum absolute atomic E-state index is 12.9. The molecule has 0 atom stereocenters. The first kappa shape index (κ1) is 20.6. The fraction of sp³-hybridized carbons (Fsp3) is 0.0800. The minimum Gasteiger partial charge on any atom is -0.321 e. The quantitative estimate of drug-likeness (QED) is 0.472. The van der Waals surface area contributed by atoms with Gasteiger partial charge in [-0.25, -0.2) is 8.42 Å². The Labute approximate surface area is 182 Å². The van der Waals surface area contributed by atoms with E-state index in [4.69, 9.17) is 0 Å². The number of hydrogen-bond acceptors (Lipinski definition) is 3. The van der Waals surface area contributed by atoms with Crippen molar-refractivity contribution in [3.05, 3.63) is 102 Å². The third kappa shape index (κ3) is 4.02. The number of aryl methyl sites for hydroxylation is 1. The number of fused-ring (bicyclic) bond motifs is 1. The van der Waals surface area contributed by atoms with E-state index in [0.717, 1.165) is 16.5 Å². The lowest BCUT2D eigenvalue weighted by Crippen LogP contribution is -2.27. The largest absolute Gasteiger partial charge is 0.321 e. The van der Waals surface area contributed by atoms with Crippen molar-refractivity contribution < 1.29 is 13.2 Å². The Morgan fingerprint density at radius 1 is 0.839 bits per heavy atom. The molecule has 156 valence electrons. The van der Waals surface area contributed by atoms with Crippen LogP contribution in [0.2, 0.25) is 0 Å². The van der Waals surface area contributed by atoms with Crippen LogP contribution in [-0.4, -0.2) is 21.4 Å². The molecule has 0 bridgehead atoms. The van der Waals surface area contributed by atoms with Gasteiger partial charge in [0, 0.05) is 23.7 Å². The Bertz CT molecular complexity index is 1360. The zero-order chi connectivity index (χ0) is 22.0. The van der Waals surface area contributed by atoms with Crippen molar-refractivity contribution in [3.63, 3.8) is 0 Å². The summed E-state index contributed by atoms with van der Waals surface area (Å²) in [6.45, 7) is 1.79. The summed E-state index contributed by atoms with van der Waals surface area (Å²) in [5, 5.41) is 4.96. The maximum atomic E-state index is 12.9. The Morgan fingerprint density at radius 3 is 2.26 bits per heavy atom. The van der Waals surface area contributed by atoms with Crippen LogP contribution >= 0.6 is 0 Å². The summed E-state index contributed by atoms with van der Waals surface area (Å²) in [5.74, 6) is -0.250. The van der Waals surface area contributed by atoms with Gasteiger partial charge in [0.1, 0.15) is 0 Å².